The molecule has 0 radical (unpaired) electrons. The quantitative estimate of drug-likeness (QED) is 0.897. The molecule has 2 nitrogen and oxygen atoms in total. The number of hydrogen-bond donors (Lipinski definition) is 1. The summed E-state index contributed by atoms with van der Waals surface area (Å²) in [7, 11) is 0. The van der Waals surface area contributed by atoms with Gasteiger partial charge in [0.1, 0.15) is 0 Å². The van der Waals surface area contributed by atoms with Crippen LogP contribution in [-0.4, -0.2) is 18.2 Å². The lowest BCUT2D eigenvalue weighted by molar-refractivity contribution is -0.137. The maximum atomic E-state index is 13.2. The van der Waals surface area contributed by atoms with Crippen molar-refractivity contribution in [1.82, 2.24) is 0 Å². The Morgan fingerprint density at radius 2 is 1.80 bits per heavy atom. The minimum atomic E-state index is -4.40. The predicted molar refractivity (Wildman–Crippen MR) is 72.5 cm³/mol. The standard InChI is InChI=1S/C15H20F3NO/c1-10-5-11(2)8-19(7-10)14-4-3-12(9-20)6-13(14)15(16,17)18/h3-4,6,10-11,20H,5,7-9H2,1-2H3. The van der Waals surface area contributed by atoms with Crippen LogP contribution in [0.25, 0.3) is 0 Å². The third-order valence-electron chi connectivity index (χ3n) is 3.76. The minimum absolute atomic E-state index is 0.230. The monoisotopic (exact) mass is 287 g/mol. The third kappa shape index (κ3) is 3.26. The van der Waals surface area contributed by atoms with Crippen LogP contribution in [0.3, 0.4) is 0 Å². The molecule has 0 aromatic heterocycles. The first-order valence-corrected chi connectivity index (χ1v) is 6.87. The number of anilines is 1. The van der Waals surface area contributed by atoms with Gasteiger partial charge in [0, 0.05) is 18.8 Å². The van der Waals surface area contributed by atoms with E-state index in [2.05, 4.69) is 13.8 Å². The van der Waals surface area contributed by atoms with Crippen molar-refractivity contribution < 1.29 is 18.3 Å². The molecular formula is C15H20F3NO. The van der Waals surface area contributed by atoms with Crippen LogP contribution in [0.2, 0.25) is 0 Å². The molecule has 0 saturated carbocycles. The molecule has 2 atom stereocenters. The summed E-state index contributed by atoms with van der Waals surface area (Å²) in [4.78, 5) is 1.82. The highest BCUT2D eigenvalue weighted by Crippen LogP contribution is 2.39. The van der Waals surface area contributed by atoms with Gasteiger partial charge < -0.3 is 10.0 Å². The molecule has 2 unspecified atom stereocenters. The highest BCUT2D eigenvalue weighted by Gasteiger charge is 2.36. The van der Waals surface area contributed by atoms with Crippen LogP contribution in [0.1, 0.15) is 31.4 Å². The summed E-state index contributed by atoms with van der Waals surface area (Å²) in [5.74, 6) is 0.773. The zero-order chi connectivity index (χ0) is 14.9. The van der Waals surface area contributed by atoms with Crippen LogP contribution in [0, 0.1) is 11.8 Å². The van der Waals surface area contributed by atoms with Gasteiger partial charge in [0.05, 0.1) is 12.2 Å². The van der Waals surface area contributed by atoms with E-state index < -0.39 is 11.7 Å². The summed E-state index contributed by atoms with van der Waals surface area (Å²) in [6.07, 6.45) is -3.35. The van der Waals surface area contributed by atoms with E-state index in [1.807, 2.05) is 4.90 Å². The van der Waals surface area contributed by atoms with Crippen molar-refractivity contribution in [2.45, 2.75) is 33.1 Å². The van der Waals surface area contributed by atoms with Crippen molar-refractivity contribution in [3.8, 4) is 0 Å². The van der Waals surface area contributed by atoms with E-state index in [9.17, 15) is 13.2 Å². The summed E-state index contributed by atoms with van der Waals surface area (Å²) < 4.78 is 39.6. The van der Waals surface area contributed by atoms with Crippen molar-refractivity contribution >= 4 is 5.69 Å². The molecule has 0 spiro atoms. The number of aliphatic hydroxyl groups is 1. The lowest BCUT2D eigenvalue weighted by Gasteiger charge is -2.38. The number of aliphatic hydroxyl groups excluding tert-OH is 1. The third-order valence-corrected chi connectivity index (χ3v) is 3.76. The Bertz CT molecular complexity index is 463. The maximum absolute atomic E-state index is 13.2. The normalized spacial score (nSPS) is 24.0. The van der Waals surface area contributed by atoms with Gasteiger partial charge in [-0.2, -0.15) is 13.2 Å². The van der Waals surface area contributed by atoms with Crippen molar-refractivity contribution in [3.63, 3.8) is 0 Å². The average molecular weight is 287 g/mol. The van der Waals surface area contributed by atoms with Gasteiger partial charge in [-0.3, -0.25) is 0 Å². The lowest BCUT2D eigenvalue weighted by Crippen LogP contribution is -2.39. The molecule has 0 bridgehead atoms. The molecule has 1 fully saturated rings. The number of piperidine rings is 1. The Balaban J connectivity index is 2.40. The van der Waals surface area contributed by atoms with Gasteiger partial charge in [-0.05, 0) is 36.0 Å². The van der Waals surface area contributed by atoms with Gasteiger partial charge in [0.2, 0.25) is 0 Å². The van der Waals surface area contributed by atoms with E-state index in [-0.39, 0.29) is 12.3 Å². The molecule has 1 aliphatic rings. The summed E-state index contributed by atoms with van der Waals surface area (Å²) >= 11 is 0. The van der Waals surface area contributed by atoms with Crippen molar-refractivity contribution in [3.05, 3.63) is 29.3 Å². The second kappa shape index (κ2) is 5.64. The van der Waals surface area contributed by atoms with Crippen LogP contribution in [0.15, 0.2) is 18.2 Å². The molecule has 0 amide bonds. The lowest BCUT2D eigenvalue weighted by atomic mass is 9.91. The summed E-state index contributed by atoms with van der Waals surface area (Å²) in [5.41, 5.74) is -0.127. The number of hydrogen-bond acceptors (Lipinski definition) is 2. The molecule has 1 N–H and O–H groups in total. The molecule has 1 saturated heterocycles. The molecule has 1 heterocycles. The van der Waals surface area contributed by atoms with E-state index in [1.54, 1.807) is 6.07 Å². The fourth-order valence-electron chi connectivity index (χ4n) is 3.04. The molecule has 1 aromatic rings. The van der Waals surface area contributed by atoms with Gasteiger partial charge in [0.25, 0.3) is 0 Å². The SMILES string of the molecule is CC1CC(C)CN(c2ccc(CO)cc2C(F)(F)F)C1. The van der Waals surface area contributed by atoms with Crippen LogP contribution < -0.4 is 4.90 Å². The van der Waals surface area contributed by atoms with E-state index in [4.69, 9.17) is 5.11 Å². The van der Waals surface area contributed by atoms with Crippen LogP contribution in [0.4, 0.5) is 18.9 Å². The highest BCUT2D eigenvalue weighted by atomic mass is 19.4. The van der Waals surface area contributed by atoms with Gasteiger partial charge in [-0.1, -0.05) is 19.9 Å². The largest absolute Gasteiger partial charge is 0.418 e. The smallest absolute Gasteiger partial charge is 0.392 e. The first-order valence-electron chi connectivity index (χ1n) is 6.87. The Morgan fingerprint density at radius 3 is 2.30 bits per heavy atom. The van der Waals surface area contributed by atoms with E-state index in [0.717, 1.165) is 12.5 Å². The zero-order valence-corrected chi connectivity index (χ0v) is 11.7. The molecule has 2 rings (SSSR count). The van der Waals surface area contributed by atoms with Crippen LogP contribution in [-0.2, 0) is 12.8 Å². The highest BCUT2D eigenvalue weighted by molar-refractivity contribution is 5.56. The predicted octanol–water partition coefficient (Wildman–Crippen LogP) is 3.68. The van der Waals surface area contributed by atoms with Crippen LogP contribution >= 0.6 is 0 Å². The number of halogens is 3. The van der Waals surface area contributed by atoms with Gasteiger partial charge in [0.15, 0.2) is 0 Å². The van der Waals surface area contributed by atoms with Crippen molar-refractivity contribution in [2.24, 2.45) is 11.8 Å². The zero-order valence-electron chi connectivity index (χ0n) is 11.7. The average Bonchev–Trinajstić information content (AvgIpc) is 2.35. The molecule has 5 heteroatoms. The number of nitrogens with zero attached hydrogens (tertiary/aromatic N) is 1. The Kier molecular flexibility index (Phi) is 4.28. The molecule has 1 aliphatic heterocycles. The number of alkyl halides is 3. The van der Waals surface area contributed by atoms with Crippen molar-refractivity contribution in [2.75, 3.05) is 18.0 Å². The Labute approximate surface area is 117 Å². The van der Waals surface area contributed by atoms with E-state index in [1.165, 1.54) is 6.07 Å². The second-order valence-electron chi connectivity index (χ2n) is 5.86. The minimum Gasteiger partial charge on any atom is -0.392 e. The molecule has 0 aliphatic carbocycles. The topological polar surface area (TPSA) is 23.5 Å². The van der Waals surface area contributed by atoms with Crippen molar-refractivity contribution in [1.29, 1.82) is 0 Å². The fraction of sp³-hybridized carbons (Fsp3) is 0.600. The summed E-state index contributed by atoms with van der Waals surface area (Å²) in [5, 5.41) is 9.03. The molecule has 20 heavy (non-hydrogen) atoms. The molecule has 112 valence electrons. The Hall–Kier alpha value is -1.23. The van der Waals surface area contributed by atoms with Gasteiger partial charge >= 0.3 is 6.18 Å². The van der Waals surface area contributed by atoms with Gasteiger partial charge in [-0.15, -0.1) is 0 Å². The van der Waals surface area contributed by atoms with E-state index in [0.29, 0.717) is 30.5 Å². The summed E-state index contributed by atoms with van der Waals surface area (Å²) in [6, 6.07) is 4.10. The molecular weight excluding hydrogens is 267 g/mol. The summed E-state index contributed by atoms with van der Waals surface area (Å²) in [6.45, 7) is 5.05. The molecule has 1 aromatic carbocycles. The Morgan fingerprint density at radius 1 is 1.20 bits per heavy atom. The second-order valence-corrected chi connectivity index (χ2v) is 5.86. The van der Waals surface area contributed by atoms with Crippen LogP contribution in [0.5, 0.6) is 0 Å². The van der Waals surface area contributed by atoms with E-state index >= 15 is 0 Å². The maximum Gasteiger partial charge on any atom is 0.418 e. The fourth-order valence-corrected chi connectivity index (χ4v) is 3.04. The number of rotatable bonds is 2. The first-order chi connectivity index (χ1) is 9.31. The number of benzene rings is 1. The first kappa shape index (κ1) is 15.2. The van der Waals surface area contributed by atoms with Gasteiger partial charge in [-0.25, -0.2) is 0 Å².